The molecular weight excluding hydrogens is 256 g/mol. The molecule has 0 bridgehead atoms. The van der Waals surface area contributed by atoms with Crippen molar-refractivity contribution in [2.75, 3.05) is 7.11 Å². The van der Waals surface area contributed by atoms with Crippen molar-refractivity contribution in [1.29, 1.82) is 0 Å². The molecule has 20 heavy (non-hydrogen) atoms. The van der Waals surface area contributed by atoms with Gasteiger partial charge >= 0.3 is 11.9 Å². The zero-order valence-electron chi connectivity index (χ0n) is 12.5. The van der Waals surface area contributed by atoms with Gasteiger partial charge in [-0.25, -0.2) is 9.59 Å². The molecule has 0 N–H and O–H groups in total. The summed E-state index contributed by atoms with van der Waals surface area (Å²) in [6.07, 6.45) is 2.99. The Balaban J connectivity index is 2.91. The zero-order valence-corrected chi connectivity index (χ0v) is 12.5. The average molecular weight is 276 g/mol. The zero-order chi connectivity index (χ0) is 15.3. The van der Waals surface area contributed by atoms with Crippen LogP contribution in [0.25, 0.3) is 6.08 Å². The number of esters is 2. The van der Waals surface area contributed by atoms with Crippen LogP contribution in [-0.4, -0.2) is 24.6 Å². The lowest BCUT2D eigenvalue weighted by molar-refractivity contribution is -0.148. The standard InChI is InChI=1S/C16H20O4/c1-11-6-7-13(15(18)19-5)10-12(11)8-9-14(17)20-16(2,3)4/h6-10H,1-5H3. The summed E-state index contributed by atoms with van der Waals surface area (Å²) >= 11 is 0. The van der Waals surface area contributed by atoms with Crippen molar-refractivity contribution < 1.29 is 19.1 Å². The molecule has 1 aromatic carbocycles. The molecule has 4 nitrogen and oxygen atoms in total. The molecular formula is C16H20O4. The largest absolute Gasteiger partial charge is 0.465 e. The number of ether oxygens (including phenoxy) is 2. The van der Waals surface area contributed by atoms with Crippen LogP contribution in [0.5, 0.6) is 0 Å². The maximum Gasteiger partial charge on any atom is 0.337 e. The van der Waals surface area contributed by atoms with Gasteiger partial charge in [-0.1, -0.05) is 6.07 Å². The number of hydrogen-bond donors (Lipinski definition) is 0. The predicted molar refractivity (Wildman–Crippen MR) is 77.4 cm³/mol. The molecule has 108 valence electrons. The first-order valence-electron chi connectivity index (χ1n) is 6.33. The summed E-state index contributed by atoms with van der Waals surface area (Å²) < 4.78 is 9.85. The summed E-state index contributed by atoms with van der Waals surface area (Å²) in [7, 11) is 1.33. The Morgan fingerprint density at radius 2 is 1.85 bits per heavy atom. The highest BCUT2D eigenvalue weighted by atomic mass is 16.6. The van der Waals surface area contributed by atoms with Gasteiger partial charge in [0, 0.05) is 6.08 Å². The molecule has 0 unspecified atom stereocenters. The highest BCUT2D eigenvalue weighted by Gasteiger charge is 2.14. The summed E-state index contributed by atoms with van der Waals surface area (Å²) in [6.45, 7) is 7.32. The van der Waals surface area contributed by atoms with E-state index in [9.17, 15) is 9.59 Å². The highest BCUT2D eigenvalue weighted by molar-refractivity contribution is 5.91. The summed E-state index contributed by atoms with van der Waals surface area (Å²) in [5.74, 6) is -0.822. The lowest BCUT2D eigenvalue weighted by atomic mass is 10.0. The van der Waals surface area contributed by atoms with E-state index in [1.54, 1.807) is 24.3 Å². The second-order valence-electron chi connectivity index (χ2n) is 5.43. The third-order valence-electron chi connectivity index (χ3n) is 2.51. The van der Waals surface area contributed by atoms with E-state index in [1.165, 1.54) is 13.2 Å². The van der Waals surface area contributed by atoms with E-state index >= 15 is 0 Å². The first kappa shape index (κ1) is 16.0. The van der Waals surface area contributed by atoms with Gasteiger partial charge < -0.3 is 9.47 Å². The van der Waals surface area contributed by atoms with Crippen molar-refractivity contribution in [2.45, 2.75) is 33.3 Å². The molecule has 0 spiro atoms. The molecule has 0 saturated heterocycles. The van der Waals surface area contributed by atoms with Crippen LogP contribution < -0.4 is 0 Å². The molecule has 0 amide bonds. The van der Waals surface area contributed by atoms with E-state index in [0.29, 0.717) is 5.56 Å². The number of aryl methyl sites for hydroxylation is 1. The molecule has 1 rings (SSSR count). The lowest BCUT2D eigenvalue weighted by Gasteiger charge is -2.17. The molecule has 0 aliphatic rings. The number of methoxy groups -OCH3 is 1. The molecule has 0 fully saturated rings. The van der Waals surface area contributed by atoms with Gasteiger partial charge in [-0.2, -0.15) is 0 Å². The van der Waals surface area contributed by atoms with E-state index < -0.39 is 17.5 Å². The van der Waals surface area contributed by atoms with Crippen molar-refractivity contribution in [3.63, 3.8) is 0 Å². The number of hydrogen-bond acceptors (Lipinski definition) is 4. The molecule has 0 aliphatic carbocycles. The van der Waals surface area contributed by atoms with Gasteiger partial charge in [0.25, 0.3) is 0 Å². The van der Waals surface area contributed by atoms with Gasteiger partial charge in [-0.15, -0.1) is 0 Å². The molecule has 0 atom stereocenters. The Bertz CT molecular complexity index is 536. The van der Waals surface area contributed by atoms with Crippen molar-refractivity contribution in [3.8, 4) is 0 Å². The average Bonchev–Trinajstić information content (AvgIpc) is 2.34. The molecule has 0 heterocycles. The fraction of sp³-hybridized carbons (Fsp3) is 0.375. The van der Waals surface area contributed by atoms with E-state index in [2.05, 4.69) is 4.74 Å². The van der Waals surface area contributed by atoms with Crippen molar-refractivity contribution in [3.05, 3.63) is 41.0 Å². The number of carbonyl (C=O) groups is 2. The second-order valence-corrected chi connectivity index (χ2v) is 5.43. The van der Waals surface area contributed by atoms with Gasteiger partial charge in [0.15, 0.2) is 0 Å². The third-order valence-corrected chi connectivity index (χ3v) is 2.51. The third kappa shape index (κ3) is 4.88. The van der Waals surface area contributed by atoms with Crippen LogP contribution in [0.4, 0.5) is 0 Å². The van der Waals surface area contributed by atoms with E-state index in [4.69, 9.17) is 4.74 Å². The first-order valence-corrected chi connectivity index (χ1v) is 6.33. The lowest BCUT2D eigenvalue weighted by Crippen LogP contribution is -2.22. The fourth-order valence-electron chi connectivity index (χ4n) is 1.56. The monoisotopic (exact) mass is 276 g/mol. The van der Waals surface area contributed by atoms with Gasteiger partial charge in [0.05, 0.1) is 12.7 Å². The minimum Gasteiger partial charge on any atom is -0.465 e. The quantitative estimate of drug-likeness (QED) is 0.628. The normalized spacial score (nSPS) is 11.4. The van der Waals surface area contributed by atoms with Crippen LogP contribution in [0, 0.1) is 6.92 Å². The summed E-state index contributed by atoms with van der Waals surface area (Å²) in [4.78, 5) is 23.1. The molecule has 0 aromatic heterocycles. The van der Waals surface area contributed by atoms with Crippen LogP contribution in [0.2, 0.25) is 0 Å². The molecule has 4 heteroatoms. The fourth-order valence-corrected chi connectivity index (χ4v) is 1.56. The van der Waals surface area contributed by atoms with Crippen LogP contribution in [-0.2, 0) is 14.3 Å². The van der Waals surface area contributed by atoms with Crippen LogP contribution in [0.15, 0.2) is 24.3 Å². The van der Waals surface area contributed by atoms with E-state index in [1.807, 2.05) is 27.7 Å². The van der Waals surface area contributed by atoms with Crippen LogP contribution >= 0.6 is 0 Å². The first-order chi connectivity index (χ1) is 9.23. The Labute approximate surface area is 119 Å². The molecule has 1 aromatic rings. The Kier molecular flexibility index (Phi) is 5.08. The van der Waals surface area contributed by atoms with Crippen LogP contribution in [0.1, 0.15) is 42.3 Å². The van der Waals surface area contributed by atoms with Crippen molar-refractivity contribution in [2.24, 2.45) is 0 Å². The number of carbonyl (C=O) groups excluding carboxylic acids is 2. The number of benzene rings is 1. The predicted octanol–water partition coefficient (Wildman–Crippen LogP) is 3.14. The van der Waals surface area contributed by atoms with Crippen molar-refractivity contribution >= 4 is 18.0 Å². The molecule has 0 saturated carbocycles. The van der Waals surface area contributed by atoms with Crippen LogP contribution in [0.3, 0.4) is 0 Å². The summed E-state index contributed by atoms with van der Waals surface area (Å²) in [5.41, 5.74) is 1.66. The van der Waals surface area contributed by atoms with Gasteiger partial charge in [0.2, 0.25) is 0 Å². The minimum absolute atomic E-state index is 0.406. The Morgan fingerprint density at radius 1 is 1.20 bits per heavy atom. The topological polar surface area (TPSA) is 52.6 Å². The maximum absolute atomic E-state index is 11.6. The highest BCUT2D eigenvalue weighted by Crippen LogP contribution is 2.15. The van der Waals surface area contributed by atoms with Gasteiger partial charge in [-0.3, -0.25) is 0 Å². The number of rotatable bonds is 3. The SMILES string of the molecule is COC(=O)c1ccc(C)c(C=CC(=O)OC(C)(C)C)c1. The van der Waals surface area contributed by atoms with E-state index in [0.717, 1.165) is 11.1 Å². The van der Waals surface area contributed by atoms with Crippen molar-refractivity contribution in [1.82, 2.24) is 0 Å². The summed E-state index contributed by atoms with van der Waals surface area (Å²) in [5, 5.41) is 0. The minimum atomic E-state index is -0.523. The maximum atomic E-state index is 11.6. The summed E-state index contributed by atoms with van der Waals surface area (Å²) in [6, 6.07) is 5.18. The molecule has 0 radical (unpaired) electrons. The second kappa shape index (κ2) is 6.37. The van der Waals surface area contributed by atoms with E-state index in [-0.39, 0.29) is 0 Å². The van der Waals surface area contributed by atoms with Gasteiger partial charge in [0.1, 0.15) is 5.60 Å². The Morgan fingerprint density at radius 3 is 2.40 bits per heavy atom. The smallest absolute Gasteiger partial charge is 0.337 e. The Hall–Kier alpha value is -2.10. The van der Waals surface area contributed by atoms with Gasteiger partial charge in [-0.05, 0) is 57.0 Å². The molecule has 0 aliphatic heterocycles.